The van der Waals surface area contributed by atoms with E-state index < -0.39 is 19.1 Å². The van der Waals surface area contributed by atoms with Crippen LogP contribution in [-0.2, 0) is 0 Å². The minimum absolute atomic E-state index is 0.0396. The van der Waals surface area contributed by atoms with Crippen LogP contribution >= 0.6 is 0 Å². The number of aromatic nitrogens is 2. The zero-order valence-corrected chi connectivity index (χ0v) is 40.5. The molecule has 9 heteroatoms. The van der Waals surface area contributed by atoms with Gasteiger partial charge in [-0.1, -0.05) is 6.07 Å². The molecule has 0 aliphatic carbocycles. The van der Waals surface area contributed by atoms with Crippen LogP contribution in [-0.4, -0.2) is 43.5 Å². The predicted molar refractivity (Wildman–Crippen MR) is 272 cm³/mol. The molecule has 0 aliphatic rings. The Morgan fingerprint density at radius 2 is 0.985 bits per heavy atom. The van der Waals surface area contributed by atoms with Crippen molar-refractivity contribution in [2.45, 2.75) is 51.0 Å². The third-order valence-electron chi connectivity index (χ3n) is 13.8. The van der Waals surface area contributed by atoms with Crippen molar-refractivity contribution < 1.29 is 28.5 Å². The van der Waals surface area contributed by atoms with E-state index >= 15 is 4.39 Å². The monoisotopic (exact) mass is 952 g/mol. The number of fused-ring (bicyclic) bond motifs is 6. The minimum atomic E-state index is -3.18. The van der Waals surface area contributed by atoms with Crippen molar-refractivity contribution in [3.05, 3.63) is 180 Å². The average Bonchev–Trinajstić information content (AvgIpc) is 3.83. The number of para-hydroxylation sites is 3. The Morgan fingerprint density at radius 3 is 1.57 bits per heavy atom. The molecule has 0 spiro atoms. The number of aryl methyl sites for hydroxylation is 2. The van der Waals surface area contributed by atoms with Crippen LogP contribution in [0.3, 0.4) is 0 Å². The number of hydrogen-bond donors (Lipinski definition) is 2. The standard InChI is InChI=1S/C58H52F2GeN2O4/c1-35(2)61(36(3)4,33-66-42-23-24-53-47(32-42)45-18-9-12-21-52(45)63(53)54-28-37(5)26-46(57(54)64)39-14-13-15-40(59)30-39)34-67-56-25-22-41(60)31-48(56)49-27-38(6)29-55(58(49)65)62-50-19-10-7-16-43(50)44-17-8-11-20-51(44)62/h7-32,35-36,64-65H,33-34H2,1-6H3. The van der Waals surface area contributed by atoms with Gasteiger partial charge in [-0.05, 0) is 6.07 Å². The van der Waals surface area contributed by atoms with Crippen molar-refractivity contribution in [3.63, 3.8) is 0 Å². The van der Waals surface area contributed by atoms with Crippen LogP contribution in [0.15, 0.2) is 158 Å². The maximum atomic E-state index is 15.4. The molecule has 0 bridgehead atoms. The summed E-state index contributed by atoms with van der Waals surface area (Å²) in [5.74, 6) is 0.541. The van der Waals surface area contributed by atoms with Crippen molar-refractivity contribution in [2.75, 3.05) is 10.9 Å². The van der Waals surface area contributed by atoms with Gasteiger partial charge in [0.15, 0.2) is 0 Å². The summed E-state index contributed by atoms with van der Waals surface area (Å²) in [4.78, 5) is 0. The number of benzene rings is 8. The van der Waals surface area contributed by atoms with Crippen molar-refractivity contribution in [1.29, 1.82) is 0 Å². The first-order valence-corrected chi connectivity index (χ1v) is 28.2. The molecule has 2 N–H and O–H groups in total. The van der Waals surface area contributed by atoms with Crippen LogP contribution in [0.4, 0.5) is 8.78 Å². The third kappa shape index (κ3) is 7.67. The van der Waals surface area contributed by atoms with Crippen LogP contribution < -0.4 is 9.47 Å². The molecule has 8 aromatic carbocycles. The van der Waals surface area contributed by atoms with E-state index in [0.717, 1.165) is 60.5 Å². The number of ether oxygens (including phenoxy) is 2. The number of nitrogens with zero attached hydrogens (tertiary/aromatic N) is 2. The summed E-state index contributed by atoms with van der Waals surface area (Å²) in [6.07, 6.45) is 0. The Bertz CT molecular complexity index is 3470. The summed E-state index contributed by atoms with van der Waals surface area (Å²) in [5.41, 5.74) is 9.88. The van der Waals surface area contributed by atoms with Crippen LogP contribution in [0.1, 0.15) is 38.8 Å². The molecular formula is C58H52F2GeN2O4. The molecule has 67 heavy (non-hydrogen) atoms. The van der Waals surface area contributed by atoms with Gasteiger partial charge in [-0.3, -0.25) is 0 Å². The first-order valence-electron chi connectivity index (χ1n) is 22.8. The number of phenolic OH excluding ortho intramolecular Hbond substituents is 2. The molecule has 10 aromatic rings. The van der Waals surface area contributed by atoms with E-state index in [1.54, 1.807) is 18.2 Å². The molecule has 336 valence electrons. The van der Waals surface area contributed by atoms with Crippen LogP contribution in [0.25, 0.3) is 77.2 Å². The summed E-state index contributed by atoms with van der Waals surface area (Å²) in [6, 6.07) is 49.1. The third-order valence-corrected chi connectivity index (χ3v) is 26.4. The quantitative estimate of drug-likeness (QED) is 0.120. The molecule has 0 unspecified atom stereocenters. The molecule has 10 rings (SSSR count). The van der Waals surface area contributed by atoms with E-state index in [1.165, 1.54) is 24.3 Å². The Balaban J connectivity index is 0.988. The molecule has 0 saturated heterocycles. The van der Waals surface area contributed by atoms with Gasteiger partial charge in [-0.25, -0.2) is 4.39 Å². The van der Waals surface area contributed by atoms with Gasteiger partial charge < -0.3 is 0 Å². The fourth-order valence-electron chi connectivity index (χ4n) is 10.1. The van der Waals surface area contributed by atoms with E-state index in [4.69, 9.17) is 9.47 Å². The van der Waals surface area contributed by atoms with E-state index in [9.17, 15) is 14.6 Å². The summed E-state index contributed by atoms with van der Waals surface area (Å²) < 4.78 is 48.3. The fourth-order valence-corrected chi connectivity index (χ4v) is 17.6. The Labute approximate surface area is 391 Å². The normalized spacial score (nSPS) is 12.1. The van der Waals surface area contributed by atoms with Crippen molar-refractivity contribution in [2.24, 2.45) is 0 Å². The predicted octanol–water partition coefficient (Wildman–Crippen LogP) is 15.3. The molecule has 0 radical (unpaired) electrons. The second kappa shape index (κ2) is 17.3. The second-order valence-electron chi connectivity index (χ2n) is 18.5. The van der Waals surface area contributed by atoms with Gasteiger partial charge in [0.25, 0.3) is 0 Å². The SMILES string of the molecule is Cc1cc(-c2cccc(F)c2)c(O)c(-n2c3ccccc3c3cc(O[CH2][Ge]([CH2]Oc4ccc(F)cc4-c4cc(C)cc(-n5c6ccccc6c6ccccc65)c4O)([CH](C)C)[CH](C)C)ccc32)c1. The van der Waals surface area contributed by atoms with Gasteiger partial charge in [0, 0.05) is 0 Å². The van der Waals surface area contributed by atoms with Gasteiger partial charge in [0.1, 0.15) is 5.82 Å². The van der Waals surface area contributed by atoms with Gasteiger partial charge in [0.2, 0.25) is 0 Å². The van der Waals surface area contributed by atoms with E-state index in [-0.39, 0.29) is 17.3 Å². The molecule has 6 nitrogen and oxygen atoms in total. The molecular weight excluding hydrogens is 899 g/mol. The van der Waals surface area contributed by atoms with Crippen LogP contribution in [0.5, 0.6) is 23.0 Å². The maximum absolute atomic E-state index is 15.4. The fraction of sp³-hybridized carbons (Fsp3) is 0.172. The Morgan fingerprint density at radius 1 is 0.478 bits per heavy atom. The number of hydrogen-bond acceptors (Lipinski definition) is 4. The molecule has 0 amide bonds. The van der Waals surface area contributed by atoms with E-state index in [1.807, 2.05) is 92.7 Å². The Kier molecular flexibility index (Phi) is 11.3. The van der Waals surface area contributed by atoms with Gasteiger partial charge in [-0.2, -0.15) is 0 Å². The zero-order chi connectivity index (χ0) is 46.7. The number of aromatic hydroxyl groups is 2. The van der Waals surface area contributed by atoms with Crippen molar-refractivity contribution in [3.8, 4) is 56.6 Å². The first-order chi connectivity index (χ1) is 32.3. The second-order valence-corrected chi connectivity index (χ2v) is 29.8. The van der Waals surface area contributed by atoms with Crippen LogP contribution in [0, 0.1) is 25.5 Å². The summed E-state index contributed by atoms with van der Waals surface area (Å²) >= 11 is -3.18. The van der Waals surface area contributed by atoms with Crippen molar-refractivity contribution >= 4 is 56.9 Å². The molecule has 0 aliphatic heterocycles. The summed E-state index contributed by atoms with van der Waals surface area (Å²) in [6.45, 7) is 13.0. The van der Waals surface area contributed by atoms with Gasteiger partial charge in [-0.15, -0.1) is 0 Å². The number of halogens is 2. The molecule has 2 aromatic heterocycles. The number of phenols is 2. The molecule has 0 atom stereocenters. The van der Waals surface area contributed by atoms with Crippen LogP contribution in [0.2, 0.25) is 9.50 Å². The molecule has 0 saturated carbocycles. The topological polar surface area (TPSA) is 68.8 Å². The van der Waals surface area contributed by atoms with Gasteiger partial charge >= 0.3 is 371 Å². The number of rotatable bonds is 12. The van der Waals surface area contributed by atoms with Crippen molar-refractivity contribution in [1.82, 2.24) is 9.13 Å². The molecule has 2 heterocycles. The summed E-state index contributed by atoms with van der Waals surface area (Å²) in [5, 5.41) is 28.2. The van der Waals surface area contributed by atoms with E-state index in [2.05, 4.69) is 73.2 Å². The van der Waals surface area contributed by atoms with Gasteiger partial charge in [0.05, 0.1) is 0 Å². The van der Waals surface area contributed by atoms with E-state index in [0.29, 0.717) is 59.8 Å². The average molecular weight is 952 g/mol. The molecule has 0 fully saturated rings. The zero-order valence-electron chi connectivity index (χ0n) is 38.4. The Hall–Kier alpha value is -7.04. The summed E-state index contributed by atoms with van der Waals surface area (Å²) in [7, 11) is 0. The first kappa shape index (κ1) is 43.8.